The molecular formula is C13H11Br2NO2. The van der Waals surface area contributed by atoms with Crippen LogP contribution in [0.1, 0.15) is 28.9 Å². The van der Waals surface area contributed by atoms with Gasteiger partial charge in [-0.15, -0.1) is 0 Å². The summed E-state index contributed by atoms with van der Waals surface area (Å²) in [6.45, 7) is 1.94. The van der Waals surface area contributed by atoms with Gasteiger partial charge in [0.2, 0.25) is 0 Å². The second-order valence-electron chi connectivity index (χ2n) is 3.86. The lowest BCUT2D eigenvalue weighted by Gasteiger charge is -2.14. The Bertz CT molecular complexity index is 566. The van der Waals surface area contributed by atoms with E-state index in [4.69, 9.17) is 4.42 Å². The summed E-state index contributed by atoms with van der Waals surface area (Å²) in [6.07, 6.45) is 1.47. The summed E-state index contributed by atoms with van der Waals surface area (Å²) in [4.78, 5) is 12.0. The number of amides is 1. The Kier molecular flexibility index (Phi) is 4.24. The van der Waals surface area contributed by atoms with Crippen LogP contribution < -0.4 is 5.32 Å². The molecule has 0 aliphatic heterocycles. The average molecular weight is 373 g/mol. The molecule has 2 rings (SSSR count). The summed E-state index contributed by atoms with van der Waals surface area (Å²) in [6, 6.07) is 9.40. The zero-order valence-corrected chi connectivity index (χ0v) is 12.8. The third-order valence-electron chi connectivity index (χ3n) is 2.56. The molecule has 2 aromatic rings. The first-order valence-electron chi connectivity index (χ1n) is 5.37. The number of carbonyl (C=O) groups excluding carboxylic acids is 1. The van der Waals surface area contributed by atoms with E-state index in [1.165, 1.54) is 6.26 Å². The van der Waals surface area contributed by atoms with Crippen LogP contribution in [0, 0.1) is 0 Å². The SMILES string of the molecule is CC(NC(=O)c1ccoc1Br)c1cccc(Br)c1. The predicted octanol–water partition coefficient (Wildman–Crippen LogP) is 4.30. The molecule has 1 N–H and O–H groups in total. The molecule has 1 aromatic carbocycles. The second kappa shape index (κ2) is 5.71. The van der Waals surface area contributed by atoms with Gasteiger partial charge in [0.1, 0.15) is 0 Å². The van der Waals surface area contributed by atoms with Crippen LogP contribution in [0.25, 0.3) is 0 Å². The molecule has 0 aliphatic rings. The molecule has 1 amide bonds. The first-order valence-corrected chi connectivity index (χ1v) is 6.96. The van der Waals surface area contributed by atoms with Crippen molar-refractivity contribution in [3.63, 3.8) is 0 Å². The van der Waals surface area contributed by atoms with Crippen LogP contribution in [0.15, 0.2) is 50.2 Å². The van der Waals surface area contributed by atoms with Crippen LogP contribution in [-0.2, 0) is 0 Å². The van der Waals surface area contributed by atoms with Crippen molar-refractivity contribution < 1.29 is 9.21 Å². The van der Waals surface area contributed by atoms with E-state index in [1.54, 1.807) is 6.07 Å². The van der Waals surface area contributed by atoms with Crippen LogP contribution in [-0.4, -0.2) is 5.91 Å². The Balaban J connectivity index is 2.10. The largest absolute Gasteiger partial charge is 0.457 e. The van der Waals surface area contributed by atoms with Gasteiger partial charge in [-0.25, -0.2) is 0 Å². The summed E-state index contributed by atoms with van der Waals surface area (Å²) in [7, 11) is 0. The van der Waals surface area contributed by atoms with E-state index in [-0.39, 0.29) is 11.9 Å². The third kappa shape index (κ3) is 3.03. The topological polar surface area (TPSA) is 42.2 Å². The zero-order chi connectivity index (χ0) is 13.1. The van der Waals surface area contributed by atoms with E-state index >= 15 is 0 Å². The number of hydrogen-bond donors (Lipinski definition) is 1. The van der Waals surface area contributed by atoms with E-state index in [0.29, 0.717) is 10.2 Å². The minimum atomic E-state index is -0.164. The molecule has 94 valence electrons. The Morgan fingerprint density at radius 1 is 1.33 bits per heavy atom. The average Bonchev–Trinajstić information content (AvgIpc) is 2.75. The van der Waals surface area contributed by atoms with Crippen molar-refractivity contribution >= 4 is 37.8 Å². The molecule has 1 heterocycles. The fourth-order valence-corrected chi connectivity index (χ4v) is 2.43. The van der Waals surface area contributed by atoms with Crippen LogP contribution in [0.3, 0.4) is 0 Å². The Hall–Kier alpha value is -1.07. The van der Waals surface area contributed by atoms with Crippen molar-refractivity contribution in [2.24, 2.45) is 0 Å². The lowest BCUT2D eigenvalue weighted by molar-refractivity contribution is 0.0938. The minimum absolute atomic E-state index is 0.0724. The van der Waals surface area contributed by atoms with Gasteiger partial charge in [0.05, 0.1) is 17.9 Å². The van der Waals surface area contributed by atoms with Crippen LogP contribution in [0.4, 0.5) is 0 Å². The maximum Gasteiger partial charge on any atom is 0.256 e. The van der Waals surface area contributed by atoms with Crippen molar-refractivity contribution in [3.05, 3.63) is 56.9 Å². The van der Waals surface area contributed by atoms with Gasteiger partial charge < -0.3 is 9.73 Å². The number of carbonyl (C=O) groups is 1. The van der Waals surface area contributed by atoms with E-state index < -0.39 is 0 Å². The molecule has 1 aromatic heterocycles. The van der Waals surface area contributed by atoms with E-state index in [1.807, 2.05) is 31.2 Å². The van der Waals surface area contributed by atoms with Gasteiger partial charge in [-0.1, -0.05) is 28.1 Å². The third-order valence-corrected chi connectivity index (χ3v) is 3.67. The molecule has 0 saturated heterocycles. The Labute approximate surface area is 122 Å². The van der Waals surface area contributed by atoms with Gasteiger partial charge in [0, 0.05) is 4.47 Å². The van der Waals surface area contributed by atoms with Gasteiger partial charge in [-0.2, -0.15) is 0 Å². The minimum Gasteiger partial charge on any atom is -0.457 e. The summed E-state index contributed by atoms with van der Waals surface area (Å²) in [5, 5.41) is 2.92. The number of furan rings is 1. The van der Waals surface area contributed by atoms with E-state index in [9.17, 15) is 4.79 Å². The highest BCUT2D eigenvalue weighted by atomic mass is 79.9. The van der Waals surface area contributed by atoms with Crippen molar-refractivity contribution in [2.75, 3.05) is 0 Å². The van der Waals surface area contributed by atoms with Gasteiger partial charge in [0.15, 0.2) is 4.67 Å². The molecule has 0 bridgehead atoms. The quantitative estimate of drug-likeness (QED) is 0.872. The predicted molar refractivity (Wildman–Crippen MR) is 76.4 cm³/mol. The van der Waals surface area contributed by atoms with Gasteiger partial charge >= 0.3 is 0 Å². The molecule has 18 heavy (non-hydrogen) atoms. The molecule has 0 aliphatic carbocycles. The molecule has 5 heteroatoms. The summed E-state index contributed by atoms with van der Waals surface area (Å²) < 4.78 is 6.48. The van der Waals surface area contributed by atoms with E-state index in [2.05, 4.69) is 37.2 Å². The standard InChI is InChI=1S/C13H11Br2NO2/c1-8(9-3-2-4-10(14)7-9)16-13(17)11-5-6-18-12(11)15/h2-8H,1H3,(H,16,17). The zero-order valence-electron chi connectivity index (χ0n) is 9.61. The molecular weight excluding hydrogens is 362 g/mol. The normalized spacial score (nSPS) is 12.2. The molecule has 0 spiro atoms. The fraction of sp³-hybridized carbons (Fsp3) is 0.154. The number of hydrogen-bond acceptors (Lipinski definition) is 2. The Morgan fingerprint density at radius 2 is 2.11 bits per heavy atom. The smallest absolute Gasteiger partial charge is 0.256 e. The van der Waals surface area contributed by atoms with Gasteiger partial charge in [-0.3, -0.25) is 4.79 Å². The number of benzene rings is 1. The fourth-order valence-electron chi connectivity index (χ4n) is 1.59. The maximum absolute atomic E-state index is 12.0. The molecule has 0 saturated carbocycles. The van der Waals surface area contributed by atoms with Crippen molar-refractivity contribution in [1.29, 1.82) is 0 Å². The number of nitrogens with one attached hydrogen (secondary N) is 1. The first-order chi connectivity index (χ1) is 8.58. The van der Waals surface area contributed by atoms with Crippen LogP contribution >= 0.6 is 31.9 Å². The summed E-state index contributed by atoms with van der Waals surface area (Å²) in [5.74, 6) is -0.164. The van der Waals surface area contributed by atoms with Crippen molar-refractivity contribution in [2.45, 2.75) is 13.0 Å². The van der Waals surface area contributed by atoms with Gasteiger partial charge in [0.25, 0.3) is 5.91 Å². The lowest BCUT2D eigenvalue weighted by atomic mass is 10.1. The van der Waals surface area contributed by atoms with Crippen LogP contribution in [0.5, 0.6) is 0 Å². The monoisotopic (exact) mass is 371 g/mol. The lowest BCUT2D eigenvalue weighted by Crippen LogP contribution is -2.26. The molecule has 0 fully saturated rings. The number of rotatable bonds is 3. The Morgan fingerprint density at radius 3 is 2.72 bits per heavy atom. The highest BCUT2D eigenvalue weighted by Gasteiger charge is 2.15. The summed E-state index contributed by atoms with van der Waals surface area (Å²) in [5.41, 5.74) is 1.54. The molecule has 1 unspecified atom stereocenters. The van der Waals surface area contributed by atoms with Crippen LogP contribution in [0.2, 0.25) is 0 Å². The highest BCUT2D eigenvalue weighted by Crippen LogP contribution is 2.21. The number of halogens is 2. The summed E-state index contributed by atoms with van der Waals surface area (Å²) >= 11 is 6.60. The molecule has 0 radical (unpaired) electrons. The maximum atomic E-state index is 12.0. The highest BCUT2D eigenvalue weighted by molar-refractivity contribution is 9.10. The molecule has 1 atom stereocenters. The van der Waals surface area contributed by atoms with Gasteiger partial charge in [-0.05, 0) is 46.6 Å². The van der Waals surface area contributed by atoms with Crippen molar-refractivity contribution in [3.8, 4) is 0 Å². The van der Waals surface area contributed by atoms with E-state index in [0.717, 1.165) is 10.0 Å². The second-order valence-corrected chi connectivity index (χ2v) is 5.49. The molecule has 3 nitrogen and oxygen atoms in total. The first kappa shape index (κ1) is 13.4. The van der Waals surface area contributed by atoms with Crippen molar-refractivity contribution in [1.82, 2.24) is 5.32 Å².